The van der Waals surface area contributed by atoms with Gasteiger partial charge in [0.25, 0.3) is 0 Å². The molecule has 4 aromatic carbocycles. The topological polar surface area (TPSA) is 314 Å². The monoisotopic (exact) mass is 1390 g/mol. The summed E-state index contributed by atoms with van der Waals surface area (Å²) in [4.78, 5) is 94.6. The van der Waals surface area contributed by atoms with Crippen molar-refractivity contribution in [3.8, 4) is 11.5 Å². The maximum absolute atomic E-state index is 12.6. The smallest absolute Gasteiger partial charge is 1.00 e. The number of esters is 4. The van der Waals surface area contributed by atoms with Crippen LogP contribution in [0.2, 0.25) is 0 Å². The van der Waals surface area contributed by atoms with E-state index in [-0.39, 0.29) is 157 Å². The number of carboxylic acids is 2. The summed E-state index contributed by atoms with van der Waals surface area (Å²) in [6, 6.07) is 30.1. The Morgan fingerprint density at radius 2 is 0.871 bits per heavy atom. The van der Waals surface area contributed by atoms with Crippen molar-refractivity contribution in [1.29, 1.82) is 0 Å². The van der Waals surface area contributed by atoms with E-state index in [1.807, 2.05) is 60.7 Å². The van der Waals surface area contributed by atoms with Crippen LogP contribution in [0.25, 0.3) is 0 Å². The predicted molar refractivity (Wildman–Crippen MR) is 298 cm³/mol. The van der Waals surface area contributed by atoms with Crippen molar-refractivity contribution in [3.05, 3.63) is 130 Å². The predicted octanol–water partition coefficient (Wildman–Crippen LogP) is 1.75. The van der Waals surface area contributed by atoms with Gasteiger partial charge in [0.05, 0.1) is 24.0 Å². The summed E-state index contributed by atoms with van der Waals surface area (Å²) >= 11 is 0. The van der Waals surface area contributed by atoms with Crippen molar-refractivity contribution in [2.75, 3.05) is 13.1 Å². The Labute approximate surface area is 524 Å². The number of carbonyl (C=O) groups excluding carboxylic acids is 8. The molecule has 6 aliphatic rings. The molecule has 85 heavy (non-hydrogen) atoms. The van der Waals surface area contributed by atoms with Crippen LogP contribution in [0.1, 0.15) is 171 Å². The van der Waals surface area contributed by atoms with E-state index in [1.165, 1.54) is 22.3 Å². The minimum Gasteiger partial charge on any atom is -1.00 e. The number of carbonyl (C=O) groups is 8. The number of hydrogen-bond donors (Lipinski definition) is 4. The van der Waals surface area contributed by atoms with Crippen molar-refractivity contribution in [2.24, 2.45) is 34.5 Å². The molecule has 0 radical (unpaired) electrons. The minimum absolute atomic E-state index is 0. The average Bonchev–Trinajstić information content (AvgIpc) is 2.25. The van der Waals surface area contributed by atoms with E-state index in [9.17, 15) is 48.6 Å². The Kier molecular flexibility index (Phi) is 26.8. The van der Waals surface area contributed by atoms with Crippen LogP contribution in [-0.2, 0) is 72.1 Å². The standard InChI is InChI=1S/2C32H37NO7.2ClH.2H3N.Pt/c2*1-32-17-15-24-23-10-8-22(39-31(38)20-5-3-2-4-6-20)19-21(23)7-9-25(24)26(32)11-12-27(32)40-30(37)16-18-33-28(34)13-14-29(35)36;;;;;/h2*2-6,8,10,19,24-27H,7,9,11-18H2,1H3,(H,33,34)(H,35,36);2*1H;2*1H3;/q;;;;;;+4/p-4/t2*24?,25?,26?,27?,32-;;;;;/m11...../s1. The van der Waals surface area contributed by atoms with Crippen LogP contribution in [0.4, 0.5) is 0 Å². The third-order valence-electron chi connectivity index (χ3n) is 18.6. The third-order valence-corrected chi connectivity index (χ3v) is 18.6. The van der Waals surface area contributed by atoms with Crippen LogP contribution in [0, 0.1) is 34.5 Å². The summed E-state index contributed by atoms with van der Waals surface area (Å²) in [6.45, 7) is 4.79. The number of benzene rings is 4. The van der Waals surface area contributed by atoms with E-state index < -0.39 is 23.8 Å². The van der Waals surface area contributed by atoms with Gasteiger partial charge in [-0.05, 0) is 196 Å². The van der Waals surface area contributed by atoms with Gasteiger partial charge >= 0.3 is 44.9 Å². The summed E-state index contributed by atoms with van der Waals surface area (Å²) in [5.74, 6) is -0.707. The molecule has 0 spiro atoms. The van der Waals surface area contributed by atoms with Gasteiger partial charge in [0, 0.05) is 48.7 Å². The quantitative estimate of drug-likeness (QED) is 0.0815. The summed E-state index contributed by atoms with van der Waals surface area (Å²) < 4.78 is 23.2. The first-order valence-corrected chi connectivity index (χ1v) is 28.6. The first-order chi connectivity index (χ1) is 38.5. The Balaban J connectivity index is 0.000000344. The van der Waals surface area contributed by atoms with E-state index in [2.05, 4.69) is 36.6 Å². The first kappa shape index (κ1) is 71.3. The Hall–Kier alpha value is -6.17. The number of hydrogen-bond acceptors (Lipinski definition) is 16. The molecule has 0 aliphatic heterocycles. The van der Waals surface area contributed by atoms with Gasteiger partial charge in [0.15, 0.2) is 0 Å². The molecule has 10 atom stereocenters. The summed E-state index contributed by atoms with van der Waals surface area (Å²) in [6.07, 6.45) is 10.6. The number of rotatable bonds is 18. The van der Waals surface area contributed by atoms with Gasteiger partial charge < -0.3 is 86.5 Å². The molecule has 0 bridgehead atoms. The van der Waals surface area contributed by atoms with Gasteiger partial charge in [-0.25, -0.2) is 9.59 Å². The number of amides is 2. The zero-order valence-corrected chi connectivity index (χ0v) is 52.0. The largest absolute Gasteiger partial charge is 4.00 e. The molecule has 8 N–H and O–H groups in total. The van der Waals surface area contributed by atoms with Gasteiger partial charge in [0.2, 0.25) is 11.8 Å². The fraction of sp³-hybridized carbons (Fsp3) is 0.500. The van der Waals surface area contributed by atoms with E-state index in [0.717, 1.165) is 77.0 Å². The molecule has 21 heteroatoms. The molecule has 0 saturated heterocycles. The van der Waals surface area contributed by atoms with Crippen molar-refractivity contribution >= 4 is 47.6 Å². The first-order valence-electron chi connectivity index (χ1n) is 28.6. The number of aliphatic carboxylic acids is 2. The number of carboxylic acid groups (broad SMARTS) is 2. The zero-order valence-electron chi connectivity index (χ0n) is 48.2. The van der Waals surface area contributed by atoms with Crippen molar-refractivity contribution in [3.63, 3.8) is 0 Å². The van der Waals surface area contributed by atoms with Crippen LogP contribution in [0.15, 0.2) is 97.1 Å². The SMILES string of the molecule is C[C@@]12CCC3c4ccc(OC(=O)c5ccccc5)cc4CCC3C1CCC2OC(=O)CCNC(=O)CCC(=O)[O-].C[C@@]12CCC3c4ccc(OC(=O)c5ccccc5)cc4CCC3C1CCC2OC(=O)CCNC(=O)CCC(=O)[O-].N.N.[Cl-].[Cl-].[Pt+4]. The molecule has 462 valence electrons. The normalized spacial score (nSPS) is 25.0. The van der Waals surface area contributed by atoms with Crippen molar-refractivity contribution in [1.82, 2.24) is 22.9 Å². The van der Waals surface area contributed by atoms with Gasteiger partial charge in [-0.1, -0.05) is 62.4 Å². The number of fused-ring (bicyclic) bond motifs is 10. The summed E-state index contributed by atoms with van der Waals surface area (Å²) in [5.41, 5.74) is 6.13. The number of aryl methyl sites for hydroxylation is 2. The van der Waals surface area contributed by atoms with Crippen LogP contribution < -0.4 is 67.4 Å². The molecule has 4 aromatic rings. The molecule has 6 aliphatic carbocycles. The Morgan fingerprint density at radius 3 is 1.24 bits per heavy atom. The Bertz CT molecular complexity index is 2780. The number of nitrogens with one attached hydrogen (secondary N) is 2. The minimum atomic E-state index is -1.27. The zero-order chi connectivity index (χ0) is 56.6. The maximum atomic E-state index is 12.6. The number of ether oxygens (including phenoxy) is 4. The summed E-state index contributed by atoms with van der Waals surface area (Å²) in [7, 11) is 0. The molecule has 0 aromatic heterocycles. The molecule has 4 saturated carbocycles. The van der Waals surface area contributed by atoms with Crippen LogP contribution in [-0.4, -0.2) is 72.9 Å². The molecule has 4 fully saturated rings. The van der Waals surface area contributed by atoms with E-state index >= 15 is 0 Å². The number of halogens is 2. The van der Waals surface area contributed by atoms with Crippen LogP contribution >= 0.6 is 0 Å². The molecular weight excluding hydrogens is 1310 g/mol. The molecule has 0 heterocycles. The maximum Gasteiger partial charge on any atom is 4.00 e. The van der Waals surface area contributed by atoms with E-state index in [1.54, 1.807) is 24.3 Å². The van der Waals surface area contributed by atoms with E-state index in [0.29, 0.717) is 58.1 Å². The Morgan fingerprint density at radius 1 is 0.494 bits per heavy atom. The van der Waals surface area contributed by atoms with Crippen molar-refractivity contribution < 1.29 is 113 Å². The molecule has 2 amide bonds. The fourth-order valence-electron chi connectivity index (χ4n) is 14.7. The molecule has 10 rings (SSSR count). The van der Waals surface area contributed by atoms with Gasteiger partial charge in [-0.15, -0.1) is 0 Å². The second-order valence-electron chi connectivity index (χ2n) is 23.2. The van der Waals surface area contributed by atoms with Crippen molar-refractivity contribution in [2.45, 2.75) is 153 Å². The third kappa shape index (κ3) is 17.1. The van der Waals surface area contributed by atoms with E-state index in [4.69, 9.17) is 18.9 Å². The molecule has 8 unspecified atom stereocenters. The second kappa shape index (κ2) is 32.0. The van der Waals surface area contributed by atoms with Gasteiger partial charge in [-0.3, -0.25) is 19.2 Å². The second-order valence-corrected chi connectivity index (χ2v) is 23.2. The summed E-state index contributed by atoms with van der Waals surface area (Å²) in [5, 5.41) is 26.1. The fourth-order valence-corrected chi connectivity index (χ4v) is 14.7. The van der Waals surface area contributed by atoms with Gasteiger partial charge in [0.1, 0.15) is 23.7 Å². The van der Waals surface area contributed by atoms with Crippen LogP contribution in [0.5, 0.6) is 11.5 Å². The van der Waals surface area contributed by atoms with Gasteiger partial charge in [-0.2, -0.15) is 0 Å². The molecule has 18 nitrogen and oxygen atoms in total. The average molecular weight is 1390 g/mol. The van der Waals surface area contributed by atoms with Crippen LogP contribution in [0.3, 0.4) is 0 Å². The molecular formula is C64H78Cl2N4O14Pt.